The summed E-state index contributed by atoms with van der Waals surface area (Å²) < 4.78 is 41.3. The summed E-state index contributed by atoms with van der Waals surface area (Å²) in [5.74, 6) is -2.94. The number of rotatable bonds is 5. The van der Waals surface area contributed by atoms with Crippen molar-refractivity contribution in [1.29, 1.82) is 0 Å². The van der Waals surface area contributed by atoms with Crippen LogP contribution in [0.3, 0.4) is 0 Å². The molecular weight excluding hydrogens is 383 g/mol. The Hall–Kier alpha value is -3.29. The number of hydrogen-bond acceptors (Lipinski definition) is 2. The number of H-pyrrole nitrogens is 1. The SMILES string of the molecule is O=C(CCc1c(-c2ccc(F)cc2)[nH]c2c(F)c(F)ccc12)N[C@H]1CCNC1=O. The lowest BCUT2D eigenvalue weighted by atomic mass is 10.0. The standard InChI is InChI=1S/C21H18F3N3O2/c22-12-3-1-11(2-4-12)19-13(14-5-7-15(23)18(24)20(14)27-19)6-8-17(28)26-16-9-10-25-21(16)29/h1-5,7,16,27H,6,8-10H2,(H,25,29)(H,26,28)/t16-/m0/s1. The third-order valence-corrected chi connectivity index (χ3v) is 5.09. The van der Waals surface area contributed by atoms with Crippen molar-refractivity contribution in [1.82, 2.24) is 15.6 Å². The van der Waals surface area contributed by atoms with Crippen LogP contribution in [0, 0.1) is 17.5 Å². The number of aromatic nitrogens is 1. The highest BCUT2D eigenvalue weighted by molar-refractivity contribution is 5.92. The smallest absolute Gasteiger partial charge is 0.242 e. The predicted octanol–water partition coefficient (Wildman–Crippen LogP) is 3.19. The van der Waals surface area contributed by atoms with Gasteiger partial charge in [0.05, 0.1) is 5.52 Å². The molecule has 1 aliphatic heterocycles. The van der Waals surface area contributed by atoms with Gasteiger partial charge in [-0.25, -0.2) is 13.2 Å². The Labute approximate surface area is 164 Å². The van der Waals surface area contributed by atoms with E-state index in [0.29, 0.717) is 35.2 Å². The quantitative estimate of drug-likeness (QED) is 0.614. The molecule has 1 saturated heterocycles. The van der Waals surface area contributed by atoms with Gasteiger partial charge in [-0.3, -0.25) is 9.59 Å². The number of fused-ring (bicyclic) bond motifs is 1. The Morgan fingerprint density at radius 3 is 2.55 bits per heavy atom. The average Bonchev–Trinajstić information content (AvgIpc) is 3.27. The number of benzene rings is 2. The Morgan fingerprint density at radius 2 is 1.86 bits per heavy atom. The van der Waals surface area contributed by atoms with E-state index < -0.39 is 23.5 Å². The molecule has 8 heteroatoms. The van der Waals surface area contributed by atoms with Crippen molar-refractivity contribution >= 4 is 22.7 Å². The molecule has 150 valence electrons. The van der Waals surface area contributed by atoms with Crippen LogP contribution < -0.4 is 10.6 Å². The maximum absolute atomic E-state index is 14.3. The Morgan fingerprint density at radius 1 is 1.10 bits per heavy atom. The summed E-state index contributed by atoms with van der Waals surface area (Å²) in [5, 5.41) is 5.78. The van der Waals surface area contributed by atoms with Crippen LogP contribution in [0.2, 0.25) is 0 Å². The highest BCUT2D eigenvalue weighted by atomic mass is 19.2. The Kier molecular flexibility index (Phi) is 5.00. The summed E-state index contributed by atoms with van der Waals surface area (Å²) in [5.41, 5.74) is 1.70. The molecule has 0 aliphatic carbocycles. The average molecular weight is 401 g/mol. The number of amides is 2. The monoisotopic (exact) mass is 401 g/mol. The molecule has 0 spiro atoms. The zero-order valence-corrected chi connectivity index (χ0v) is 15.3. The molecule has 1 aromatic heterocycles. The molecule has 0 bridgehead atoms. The first-order valence-electron chi connectivity index (χ1n) is 9.25. The molecule has 0 unspecified atom stereocenters. The number of carbonyl (C=O) groups is 2. The van der Waals surface area contributed by atoms with Gasteiger partial charge in [0.15, 0.2) is 11.6 Å². The first-order valence-corrected chi connectivity index (χ1v) is 9.25. The molecule has 2 aromatic carbocycles. The predicted molar refractivity (Wildman–Crippen MR) is 101 cm³/mol. The first kappa shape index (κ1) is 19.0. The number of aryl methyl sites for hydroxylation is 1. The summed E-state index contributed by atoms with van der Waals surface area (Å²) in [4.78, 5) is 26.8. The van der Waals surface area contributed by atoms with E-state index in [2.05, 4.69) is 15.6 Å². The van der Waals surface area contributed by atoms with Crippen molar-refractivity contribution in [3.63, 3.8) is 0 Å². The summed E-state index contributed by atoms with van der Waals surface area (Å²) in [6.45, 7) is 0.520. The van der Waals surface area contributed by atoms with E-state index in [4.69, 9.17) is 0 Å². The van der Waals surface area contributed by atoms with Crippen molar-refractivity contribution in [2.75, 3.05) is 6.54 Å². The highest BCUT2D eigenvalue weighted by Crippen LogP contribution is 2.33. The lowest BCUT2D eigenvalue weighted by molar-refractivity contribution is -0.127. The normalized spacial score (nSPS) is 16.2. The Balaban J connectivity index is 1.65. The summed E-state index contributed by atoms with van der Waals surface area (Å²) in [6.07, 6.45) is 0.824. The third-order valence-electron chi connectivity index (χ3n) is 5.09. The first-order chi connectivity index (χ1) is 13.9. The van der Waals surface area contributed by atoms with Crippen LogP contribution in [0.25, 0.3) is 22.2 Å². The lowest BCUT2D eigenvalue weighted by Crippen LogP contribution is -2.40. The van der Waals surface area contributed by atoms with Gasteiger partial charge in [0.1, 0.15) is 11.9 Å². The summed E-state index contributed by atoms with van der Waals surface area (Å²) in [6, 6.07) is 7.54. The van der Waals surface area contributed by atoms with Gasteiger partial charge in [-0.1, -0.05) is 0 Å². The molecule has 2 amide bonds. The van der Waals surface area contributed by atoms with Crippen LogP contribution >= 0.6 is 0 Å². The van der Waals surface area contributed by atoms with Crippen LogP contribution in [0.5, 0.6) is 0 Å². The van der Waals surface area contributed by atoms with E-state index in [1.165, 1.54) is 30.3 Å². The van der Waals surface area contributed by atoms with E-state index in [-0.39, 0.29) is 30.2 Å². The maximum atomic E-state index is 14.3. The number of hydrogen-bond donors (Lipinski definition) is 3. The van der Waals surface area contributed by atoms with Gasteiger partial charge in [0.25, 0.3) is 0 Å². The van der Waals surface area contributed by atoms with E-state index >= 15 is 0 Å². The Bertz CT molecular complexity index is 1090. The molecule has 0 radical (unpaired) electrons. The number of aromatic amines is 1. The van der Waals surface area contributed by atoms with Crippen LogP contribution in [0.15, 0.2) is 36.4 Å². The summed E-state index contributed by atoms with van der Waals surface area (Å²) in [7, 11) is 0. The second-order valence-electron chi connectivity index (χ2n) is 6.97. The lowest BCUT2D eigenvalue weighted by Gasteiger charge is -2.10. The van der Waals surface area contributed by atoms with E-state index in [0.717, 1.165) is 6.07 Å². The fourth-order valence-corrected chi connectivity index (χ4v) is 3.62. The summed E-state index contributed by atoms with van der Waals surface area (Å²) >= 11 is 0. The molecule has 1 atom stereocenters. The van der Waals surface area contributed by atoms with Crippen molar-refractivity contribution in [2.45, 2.75) is 25.3 Å². The second kappa shape index (κ2) is 7.62. The third kappa shape index (κ3) is 3.70. The minimum Gasteiger partial charge on any atom is -0.354 e. The van der Waals surface area contributed by atoms with E-state index in [1.54, 1.807) is 0 Å². The van der Waals surface area contributed by atoms with Crippen molar-refractivity contribution in [3.05, 3.63) is 59.4 Å². The van der Waals surface area contributed by atoms with Gasteiger partial charge < -0.3 is 15.6 Å². The van der Waals surface area contributed by atoms with Gasteiger partial charge >= 0.3 is 0 Å². The minimum atomic E-state index is -1.01. The molecule has 4 rings (SSSR count). The van der Waals surface area contributed by atoms with Crippen LogP contribution in [-0.4, -0.2) is 29.4 Å². The molecule has 3 N–H and O–H groups in total. The minimum absolute atomic E-state index is 0.00472. The number of halogens is 3. The molecule has 0 saturated carbocycles. The number of nitrogens with one attached hydrogen (secondary N) is 3. The van der Waals surface area contributed by atoms with E-state index in [1.807, 2.05) is 0 Å². The van der Waals surface area contributed by atoms with Gasteiger partial charge in [-0.15, -0.1) is 0 Å². The van der Waals surface area contributed by atoms with Gasteiger partial charge in [-0.05, 0) is 60.4 Å². The topological polar surface area (TPSA) is 74.0 Å². The molecule has 3 aromatic rings. The van der Waals surface area contributed by atoms with Crippen molar-refractivity contribution < 1.29 is 22.8 Å². The maximum Gasteiger partial charge on any atom is 0.242 e. The van der Waals surface area contributed by atoms with Crippen LogP contribution in [0.1, 0.15) is 18.4 Å². The van der Waals surface area contributed by atoms with Crippen molar-refractivity contribution in [2.24, 2.45) is 0 Å². The van der Waals surface area contributed by atoms with Crippen molar-refractivity contribution in [3.8, 4) is 11.3 Å². The molecule has 1 fully saturated rings. The molecule has 2 heterocycles. The molecular formula is C21H18F3N3O2. The number of carbonyl (C=O) groups excluding carboxylic acids is 2. The van der Waals surface area contributed by atoms with Gasteiger partial charge in [-0.2, -0.15) is 0 Å². The molecule has 29 heavy (non-hydrogen) atoms. The largest absolute Gasteiger partial charge is 0.354 e. The van der Waals surface area contributed by atoms with Gasteiger partial charge in [0, 0.05) is 24.0 Å². The van der Waals surface area contributed by atoms with Crippen LogP contribution in [-0.2, 0) is 16.0 Å². The molecule has 1 aliphatic rings. The fourth-order valence-electron chi connectivity index (χ4n) is 3.62. The second-order valence-corrected chi connectivity index (χ2v) is 6.97. The highest BCUT2D eigenvalue weighted by Gasteiger charge is 2.26. The van der Waals surface area contributed by atoms with E-state index in [9.17, 15) is 22.8 Å². The zero-order chi connectivity index (χ0) is 20.5. The van der Waals surface area contributed by atoms with Crippen LogP contribution in [0.4, 0.5) is 13.2 Å². The molecule has 5 nitrogen and oxygen atoms in total. The zero-order valence-electron chi connectivity index (χ0n) is 15.3. The fraction of sp³-hybridized carbons (Fsp3) is 0.238. The van der Waals surface area contributed by atoms with Gasteiger partial charge in [0.2, 0.25) is 11.8 Å².